The third-order valence-corrected chi connectivity index (χ3v) is 2.68. The molecule has 0 saturated carbocycles. The van der Waals surface area contributed by atoms with Gasteiger partial charge in [0, 0.05) is 29.2 Å². The minimum Gasteiger partial charge on any atom is -0.324 e. The van der Waals surface area contributed by atoms with Crippen LogP contribution in [0, 0.1) is 0 Å². The minimum atomic E-state index is -0.244. The highest BCUT2D eigenvalue weighted by Crippen LogP contribution is 2.23. The lowest BCUT2D eigenvalue weighted by molar-refractivity contribution is 1.01. The number of aryl methyl sites for hydroxylation is 1. The predicted molar refractivity (Wildman–Crippen MR) is 64.7 cm³/mol. The molecule has 0 aliphatic rings. The second-order valence-electron chi connectivity index (χ2n) is 3.43. The molecule has 0 saturated heterocycles. The van der Waals surface area contributed by atoms with E-state index in [1.165, 1.54) is 0 Å². The summed E-state index contributed by atoms with van der Waals surface area (Å²) < 4.78 is 0. The first-order valence-corrected chi connectivity index (χ1v) is 5.42. The van der Waals surface area contributed by atoms with Crippen molar-refractivity contribution in [2.75, 3.05) is 0 Å². The van der Waals surface area contributed by atoms with Gasteiger partial charge in [-0.15, -0.1) is 0 Å². The molecule has 0 aromatic carbocycles. The van der Waals surface area contributed by atoms with Crippen LogP contribution in [0.2, 0.25) is 5.02 Å². The lowest BCUT2D eigenvalue weighted by Crippen LogP contribution is -2.10. The van der Waals surface area contributed by atoms with Gasteiger partial charge in [0.15, 0.2) is 0 Å². The Labute approximate surface area is 98.1 Å². The van der Waals surface area contributed by atoms with Gasteiger partial charge in [-0.2, -0.15) is 0 Å². The Morgan fingerprint density at radius 3 is 2.94 bits per heavy atom. The summed E-state index contributed by atoms with van der Waals surface area (Å²) in [5.41, 5.74) is 2.52. The number of rotatable bonds is 2. The van der Waals surface area contributed by atoms with E-state index in [0.717, 1.165) is 23.2 Å². The Bertz CT molecular complexity index is 549. The van der Waals surface area contributed by atoms with Crippen LogP contribution in [0.1, 0.15) is 12.6 Å². The number of hydrogen-bond donors (Lipinski definition) is 1. The SMILES string of the molecule is CCc1[nH]c(=O)c(Cl)cc1-c1cccnc1. The van der Waals surface area contributed by atoms with E-state index in [-0.39, 0.29) is 10.6 Å². The second-order valence-corrected chi connectivity index (χ2v) is 3.84. The first-order valence-electron chi connectivity index (χ1n) is 5.04. The summed E-state index contributed by atoms with van der Waals surface area (Å²) in [4.78, 5) is 18.2. The number of halogens is 1. The number of hydrogen-bond acceptors (Lipinski definition) is 2. The Balaban J connectivity index is 2.65. The molecule has 82 valence electrons. The maximum Gasteiger partial charge on any atom is 0.266 e. The van der Waals surface area contributed by atoms with Gasteiger partial charge in [-0.05, 0) is 18.6 Å². The summed E-state index contributed by atoms with van der Waals surface area (Å²) in [6, 6.07) is 5.49. The van der Waals surface area contributed by atoms with E-state index in [2.05, 4.69) is 9.97 Å². The van der Waals surface area contributed by atoms with E-state index in [4.69, 9.17) is 11.6 Å². The number of pyridine rings is 2. The van der Waals surface area contributed by atoms with Crippen molar-refractivity contribution in [1.29, 1.82) is 0 Å². The van der Waals surface area contributed by atoms with Gasteiger partial charge in [-0.3, -0.25) is 9.78 Å². The van der Waals surface area contributed by atoms with Gasteiger partial charge < -0.3 is 4.98 Å². The van der Waals surface area contributed by atoms with Crippen molar-refractivity contribution in [3.8, 4) is 11.1 Å². The molecule has 2 aromatic heterocycles. The maximum absolute atomic E-state index is 11.4. The number of aromatic amines is 1. The largest absolute Gasteiger partial charge is 0.324 e. The van der Waals surface area contributed by atoms with E-state index in [1.54, 1.807) is 18.5 Å². The lowest BCUT2D eigenvalue weighted by Gasteiger charge is -2.07. The smallest absolute Gasteiger partial charge is 0.266 e. The van der Waals surface area contributed by atoms with Crippen LogP contribution in [-0.2, 0) is 6.42 Å². The Kier molecular flexibility index (Phi) is 3.06. The number of nitrogens with zero attached hydrogens (tertiary/aromatic N) is 1. The van der Waals surface area contributed by atoms with Crippen LogP contribution in [0.3, 0.4) is 0 Å². The molecule has 1 N–H and O–H groups in total. The highest BCUT2D eigenvalue weighted by atomic mass is 35.5. The summed E-state index contributed by atoms with van der Waals surface area (Å²) in [7, 11) is 0. The van der Waals surface area contributed by atoms with Gasteiger partial charge in [-0.1, -0.05) is 24.6 Å². The van der Waals surface area contributed by atoms with E-state index >= 15 is 0 Å². The van der Waals surface area contributed by atoms with Crippen LogP contribution >= 0.6 is 11.6 Å². The summed E-state index contributed by atoms with van der Waals surface area (Å²) in [6.45, 7) is 1.99. The molecule has 0 bridgehead atoms. The molecule has 0 radical (unpaired) electrons. The molecule has 0 amide bonds. The third-order valence-electron chi connectivity index (χ3n) is 2.40. The fourth-order valence-electron chi connectivity index (χ4n) is 1.60. The molecule has 4 heteroatoms. The molecular weight excluding hydrogens is 224 g/mol. The topological polar surface area (TPSA) is 45.8 Å². The zero-order chi connectivity index (χ0) is 11.5. The third kappa shape index (κ3) is 1.99. The molecule has 0 unspecified atom stereocenters. The molecule has 2 aromatic rings. The van der Waals surface area contributed by atoms with Crippen LogP contribution < -0.4 is 5.56 Å². The molecule has 16 heavy (non-hydrogen) atoms. The van der Waals surface area contributed by atoms with E-state index < -0.39 is 0 Å². The Morgan fingerprint density at radius 2 is 2.31 bits per heavy atom. The Hall–Kier alpha value is -1.61. The summed E-state index contributed by atoms with van der Waals surface area (Å²) in [6.07, 6.45) is 4.21. The van der Waals surface area contributed by atoms with Crippen molar-refractivity contribution in [3.05, 3.63) is 51.7 Å². The van der Waals surface area contributed by atoms with Crippen molar-refractivity contribution in [2.45, 2.75) is 13.3 Å². The zero-order valence-corrected chi connectivity index (χ0v) is 9.58. The lowest BCUT2D eigenvalue weighted by atomic mass is 10.0. The second kappa shape index (κ2) is 4.49. The normalized spacial score (nSPS) is 10.4. The molecule has 0 aliphatic heterocycles. The number of aromatic nitrogens is 2. The molecule has 0 fully saturated rings. The average Bonchev–Trinajstić information content (AvgIpc) is 2.33. The van der Waals surface area contributed by atoms with Crippen molar-refractivity contribution in [1.82, 2.24) is 9.97 Å². The van der Waals surface area contributed by atoms with Crippen LogP contribution in [-0.4, -0.2) is 9.97 Å². The Morgan fingerprint density at radius 1 is 1.50 bits per heavy atom. The molecule has 0 spiro atoms. The summed E-state index contributed by atoms with van der Waals surface area (Å²) in [5.74, 6) is 0. The highest BCUT2D eigenvalue weighted by molar-refractivity contribution is 6.30. The molecule has 0 aliphatic carbocycles. The van der Waals surface area contributed by atoms with Gasteiger partial charge >= 0.3 is 0 Å². The molecular formula is C12H11ClN2O. The maximum atomic E-state index is 11.4. The van der Waals surface area contributed by atoms with Crippen LogP contribution in [0.5, 0.6) is 0 Å². The van der Waals surface area contributed by atoms with Crippen LogP contribution in [0.25, 0.3) is 11.1 Å². The average molecular weight is 235 g/mol. The fourth-order valence-corrected chi connectivity index (χ4v) is 1.76. The molecule has 0 atom stereocenters. The van der Waals surface area contributed by atoms with Crippen molar-refractivity contribution in [2.24, 2.45) is 0 Å². The number of H-pyrrole nitrogens is 1. The quantitative estimate of drug-likeness (QED) is 0.868. The highest BCUT2D eigenvalue weighted by Gasteiger charge is 2.07. The van der Waals surface area contributed by atoms with Gasteiger partial charge in [0.25, 0.3) is 5.56 Å². The van der Waals surface area contributed by atoms with Crippen molar-refractivity contribution < 1.29 is 0 Å². The molecule has 3 nitrogen and oxygen atoms in total. The van der Waals surface area contributed by atoms with Gasteiger partial charge in [0.2, 0.25) is 0 Å². The van der Waals surface area contributed by atoms with Gasteiger partial charge in [0.1, 0.15) is 5.02 Å². The van der Waals surface area contributed by atoms with Gasteiger partial charge in [-0.25, -0.2) is 0 Å². The van der Waals surface area contributed by atoms with Gasteiger partial charge in [0.05, 0.1) is 0 Å². The first-order chi connectivity index (χ1) is 7.72. The van der Waals surface area contributed by atoms with E-state index in [0.29, 0.717) is 0 Å². The molecule has 2 rings (SSSR count). The zero-order valence-electron chi connectivity index (χ0n) is 8.83. The standard InChI is InChI=1S/C12H11ClN2O/c1-2-11-9(6-10(13)12(16)15-11)8-4-3-5-14-7-8/h3-7H,2H2,1H3,(H,15,16). The minimum absolute atomic E-state index is 0.205. The summed E-state index contributed by atoms with van der Waals surface area (Å²) in [5, 5.41) is 0.205. The van der Waals surface area contributed by atoms with Crippen LogP contribution in [0.4, 0.5) is 0 Å². The monoisotopic (exact) mass is 234 g/mol. The first kappa shape index (κ1) is 10.9. The molecule has 2 heterocycles. The number of nitrogens with one attached hydrogen (secondary N) is 1. The fraction of sp³-hybridized carbons (Fsp3) is 0.167. The van der Waals surface area contributed by atoms with Crippen molar-refractivity contribution >= 4 is 11.6 Å². The predicted octanol–water partition coefficient (Wildman–Crippen LogP) is 2.65. The van der Waals surface area contributed by atoms with E-state index in [1.807, 2.05) is 19.1 Å². The van der Waals surface area contributed by atoms with Crippen molar-refractivity contribution in [3.63, 3.8) is 0 Å². The van der Waals surface area contributed by atoms with Crippen LogP contribution in [0.15, 0.2) is 35.4 Å². The summed E-state index contributed by atoms with van der Waals surface area (Å²) >= 11 is 5.83. The van der Waals surface area contributed by atoms with E-state index in [9.17, 15) is 4.79 Å².